The lowest BCUT2D eigenvalue weighted by Crippen LogP contribution is -2.49. The van der Waals surface area contributed by atoms with Crippen LogP contribution in [0.1, 0.15) is 50.9 Å². The van der Waals surface area contributed by atoms with Crippen LogP contribution in [0, 0.1) is 17.9 Å². The van der Waals surface area contributed by atoms with Gasteiger partial charge >= 0.3 is 5.70 Å². The first-order chi connectivity index (χ1) is 17.4. The fraction of sp³-hybridized carbons (Fsp3) is 0.462. The first-order valence-electron chi connectivity index (χ1n) is 12.2. The molecule has 0 radical (unpaired) electrons. The largest absolute Gasteiger partial charge is 0.458 e. The van der Waals surface area contributed by atoms with Crippen molar-refractivity contribution in [1.29, 1.82) is 5.26 Å². The Morgan fingerprint density at radius 1 is 1.28 bits per heavy atom. The maximum atomic E-state index is 13.4. The highest BCUT2D eigenvalue weighted by Gasteiger charge is 2.31. The van der Waals surface area contributed by atoms with Gasteiger partial charge in [-0.05, 0) is 63.3 Å². The summed E-state index contributed by atoms with van der Waals surface area (Å²) < 4.78 is 5.62. The van der Waals surface area contributed by atoms with E-state index in [9.17, 15) is 20.0 Å². The summed E-state index contributed by atoms with van der Waals surface area (Å²) in [7, 11) is 0. The molecule has 4 rings (SSSR count). The number of hydrogen-bond donors (Lipinski definition) is 3. The van der Waals surface area contributed by atoms with Gasteiger partial charge < -0.3 is 30.0 Å². The minimum Gasteiger partial charge on any atom is -0.458 e. The number of furan rings is 1. The molecule has 10 heteroatoms. The summed E-state index contributed by atoms with van der Waals surface area (Å²) in [5.74, 6) is 0.312. The average Bonchev–Trinajstić information content (AvgIpc) is 3.52. The number of aliphatic hydroxyl groups is 1. The number of carbonyl (C=O) groups is 2. The molecule has 3 N–H and O–H groups in total. The minimum absolute atomic E-state index is 0.0419. The van der Waals surface area contributed by atoms with Crippen LogP contribution in [0.4, 0.5) is 5.69 Å². The summed E-state index contributed by atoms with van der Waals surface area (Å²) in [4.78, 5) is 32.8. The van der Waals surface area contributed by atoms with Crippen molar-refractivity contribution in [1.82, 2.24) is 15.1 Å². The van der Waals surface area contributed by atoms with E-state index >= 15 is 0 Å². The van der Waals surface area contributed by atoms with Crippen molar-refractivity contribution in [3.05, 3.63) is 53.0 Å². The number of anilines is 1. The van der Waals surface area contributed by atoms with Crippen LogP contribution in [0.15, 0.2) is 40.2 Å². The Hall–Kier alpha value is -4.02. The Labute approximate surface area is 210 Å². The van der Waals surface area contributed by atoms with Crippen LogP contribution in [0.2, 0.25) is 0 Å². The van der Waals surface area contributed by atoms with Crippen LogP contribution in [0.5, 0.6) is 0 Å². The third-order valence-electron chi connectivity index (χ3n) is 6.56. The predicted molar refractivity (Wildman–Crippen MR) is 133 cm³/mol. The third-order valence-corrected chi connectivity index (χ3v) is 6.56. The van der Waals surface area contributed by atoms with Crippen molar-refractivity contribution in [2.45, 2.75) is 51.2 Å². The van der Waals surface area contributed by atoms with Crippen LogP contribution in [0.25, 0.3) is 15.8 Å². The number of nitrogens with zero attached hydrogens (tertiary/aromatic N) is 4. The van der Waals surface area contributed by atoms with Gasteiger partial charge in [-0.25, -0.2) is 10.1 Å². The van der Waals surface area contributed by atoms with Crippen molar-refractivity contribution in [3.8, 4) is 6.07 Å². The van der Waals surface area contributed by atoms with Gasteiger partial charge in [-0.3, -0.25) is 9.59 Å². The van der Waals surface area contributed by atoms with Gasteiger partial charge in [0.05, 0.1) is 19.2 Å². The van der Waals surface area contributed by atoms with E-state index in [0.717, 1.165) is 44.2 Å². The van der Waals surface area contributed by atoms with E-state index in [1.807, 2.05) is 6.07 Å². The number of likely N-dealkylation sites (tertiary alicyclic amines) is 2. The molecule has 0 saturated carbocycles. The molecule has 1 aromatic heterocycles. The molecule has 1 aromatic carbocycles. The van der Waals surface area contributed by atoms with Crippen molar-refractivity contribution in [3.63, 3.8) is 0 Å². The highest BCUT2D eigenvalue weighted by atomic mass is 16.4. The van der Waals surface area contributed by atoms with Gasteiger partial charge in [-0.2, -0.15) is 0 Å². The second-order valence-corrected chi connectivity index (χ2v) is 9.19. The predicted octanol–water partition coefficient (Wildman–Crippen LogP) is 3.10. The number of aliphatic hydroxyl groups excluding tert-OH is 1. The number of rotatable bonds is 7. The maximum absolute atomic E-state index is 13.4. The lowest BCUT2D eigenvalue weighted by atomic mass is 10.1. The molecular weight excluding hydrogens is 460 g/mol. The van der Waals surface area contributed by atoms with Crippen molar-refractivity contribution >= 4 is 28.5 Å². The van der Waals surface area contributed by atoms with Crippen LogP contribution in [-0.2, 0) is 9.59 Å². The van der Waals surface area contributed by atoms with Crippen LogP contribution in [0.3, 0.4) is 0 Å². The Morgan fingerprint density at radius 3 is 2.72 bits per heavy atom. The Morgan fingerprint density at radius 2 is 2.03 bits per heavy atom. The standard InChI is InChI=1S/C26H30N6O4/c1-17(33)23-14-18-13-19(8-9-22(18)36-23)29-25(21(15-27)28-2)30-20-7-3-4-12-32(26(20)35)16-24(34)31-10-5-6-11-31/h8-9,13-14,17,20,29-30,33H,3-7,10-12,16H2,1H3/b25-21+. The van der Waals surface area contributed by atoms with Crippen molar-refractivity contribution in [2.24, 2.45) is 0 Å². The highest BCUT2D eigenvalue weighted by Crippen LogP contribution is 2.27. The number of benzene rings is 1. The average molecular weight is 491 g/mol. The van der Waals surface area contributed by atoms with E-state index in [1.54, 1.807) is 41.0 Å². The van der Waals surface area contributed by atoms with Crippen LogP contribution >= 0.6 is 0 Å². The second kappa shape index (κ2) is 11.1. The molecule has 2 atom stereocenters. The molecule has 3 heterocycles. The van der Waals surface area contributed by atoms with E-state index in [0.29, 0.717) is 30.0 Å². The normalized spacial score (nSPS) is 19.8. The molecule has 0 spiro atoms. The minimum atomic E-state index is -0.750. The first kappa shape index (κ1) is 25.1. The number of carbonyl (C=O) groups excluding carboxylic acids is 2. The molecular formula is C26H30N6O4. The molecule has 0 bridgehead atoms. The fourth-order valence-corrected chi connectivity index (χ4v) is 4.59. The molecule has 0 aliphatic carbocycles. The molecule has 2 aliphatic rings. The monoisotopic (exact) mass is 490 g/mol. The molecule has 2 fully saturated rings. The molecule has 2 amide bonds. The molecule has 2 unspecified atom stereocenters. The molecule has 188 valence electrons. The SMILES string of the molecule is [C-]#[N+]/C(C#N)=C(\Nc1ccc2oc(C(C)O)cc2c1)NC1CCCCN(CC(=O)N2CCCC2)C1=O. The van der Waals surface area contributed by atoms with Gasteiger partial charge in [0.25, 0.3) is 0 Å². The Balaban J connectivity index is 1.53. The summed E-state index contributed by atoms with van der Waals surface area (Å²) in [6, 6.07) is 8.18. The fourth-order valence-electron chi connectivity index (χ4n) is 4.59. The van der Waals surface area contributed by atoms with E-state index in [1.165, 1.54) is 0 Å². The van der Waals surface area contributed by atoms with Crippen LogP contribution < -0.4 is 10.6 Å². The zero-order chi connectivity index (χ0) is 25.7. The van der Waals surface area contributed by atoms with E-state index in [2.05, 4.69) is 15.5 Å². The topological polar surface area (TPSA) is 126 Å². The number of allylic oxidation sites excluding steroid dienone is 1. The maximum Gasteiger partial charge on any atom is 0.300 e. The highest BCUT2D eigenvalue weighted by molar-refractivity contribution is 5.88. The van der Waals surface area contributed by atoms with Gasteiger partial charge in [0.2, 0.25) is 11.8 Å². The number of nitriles is 1. The van der Waals surface area contributed by atoms with Gasteiger partial charge in [0.1, 0.15) is 29.3 Å². The lowest BCUT2D eigenvalue weighted by Gasteiger charge is -2.28. The number of fused-ring (bicyclic) bond motifs is 1. The summed E-state index contributed by atoms with van der Waals surface area (Å²) in [6.07, 6.45) is 3.30. The zero-order valence-corrected chi connectivity index (χ0v) is 20.3. The van der Waals surface area contributed by atoms with E-state index in [-0.39, 0.29) is 29.9 Å². The number of hydrogen-bond acceptors (Lipinski definition) is 7. The molecule has 2 saturated heterocycles. The van der Waals surface area contributed by atoms with Crippen LogP contribution in [-0.4, -0.2) is 58.9 Å². The lowest BCUT2D eigenvalue weighted by molar-refractivity contribution is -0.140. The van der Waals surface area contributed by atoms with Gasteiger partial charge in [0, 0.05) is 30.7 Å². The zero-order valence-electron chi connectivity index (χ0n) is 20.3. The summed E-state index contributed by atoms with van der Waals surface area (Å²) in [5.41, 5.74) is 0.975. The molecule has 10 nitrogen and oxygen atoms in total. The number of nitrogens with one attached hydrogen (secondary N) is 2. The Bertz CT molecular complexity index is 1230. The second-order valence-electron chi connectivity index (χ2n) is 9.19. The smallest absolute Gasteiger partial charge is 0.300 e. The summed E-state index contributed by atoms with van der Waals surface area (Å²) in [5, 5.41) is 26.3. The molecule has 36 heavy (non-hydrogen) atoms. The molecule has 2 aliphatic heterocycles. The number of amides is 2. The van der Waals surface area contributed by atoms with Gasteiger partial charge in [-0.1, -0.05) is 0 Å². The van der Waals surface area contributed by atoms with Gasteiger partial charge in [-0.15, -0.1) is 0 Å². The third kappa shape index (κ3) is 5.61. The Kier molecular flexibility index (Phi) is 7.77. The quantitative estimate of drug-likeness (QED) is 0.402. The summed E-state index contributed by atoms with van der Waals surface area (Å²) in [6.45, 7) is 11.1. The van der Waals surface area contributed by atoms with Crippen molar-refractivity contribution in [2.75, 3.05) is 31.5 Å². The molecule has 2 aromatic rings. The summed E-state index contributed by atoms with van der Waals surface area (Å²) >= 11 is 0. The van der Waals surface area contributed by atoms with E-state index in [4.69, 9.17) is 11.0 Å². The van der Waals surface area contributed by atoms with E-state index < -0.39 is 12.1 Å². The van der Waals surface area contributed by atoms with Gasteiger partial charge in [0.15, 0.2) is 0 Å². The first-order valence-corrected chi connectivity index (χ1v) is 12.2. The van der Waals surface area contributed by atoms with Crippen molar-refractivity contribution < 1.29 is 19.1 Å².